The number of carbonyl (C=O) groups is 1. The Kier molecular flexibility index (Phi) is 5.61. The molecule has 5 aromatic rings. The first-order chi connectivity index (χ1) is 18.1. The smallest absolute Gasteiger partial charge is 0.256 e. The van der Waals surface area contributed by atoms with Gasteiger partial charge in [-0.3, -0.25) is 9.89 Å². The van der Waals surface area contributed by atoms with Crippen LogP contribution in [0.15, 0.2) is 72.8 Å². The highest BCUT2D eigenvalue weighted by Crippen LogP contribution is 2.36. The van der Waals surface area contributed by atoms with Gasteiger partial charge in [0.15, 0.2) is 11.6 Å². The molecule has 1 aliphatic heterocycles. The highest BCUT2D eigenvalue weighted by molar-refractivity contribution is 6.35. The summed E-state index contributed by atoms with van der Waals surface area (Å²) in [6, 6.07) is 23.7. The minimum atomic E-state index is -0.131. The van der Waals surface area contributed by atoms with Crippen LogP contribution >= 0.6 is 0 Å². The number of amides is 1. The van der Waals surface area contributed by atoms with Gasteiger partial charge in [0.2, 0.25) is 0 Å². The molecular weight excluding hydrogens is 462 g/mol. The maximum Gasteiger partial charge on any atom is 0.256 e. The van der Waals surface area contributed by atoms with E-state index < -0.39 is 0 Å². The minimum absolute atomic E-state index is 0.131. The number of H-pyrrole nitrogens is 2. The van der Waals surface area contributed by atoms with Gasteiger partial charge in [-0.1, -0.05) is 55.5 Å². The number of nitrogens with zero attached hydrogens (tertiary/aromatic N) is 3. The normalized spacial score (nSPS) is 13.6. The Morgan fingerprint density at radius 2 is 1.73 bits per heavy atom. The van der Waals surface area contributed by atoms with Crippen molar-refractivity contribution in [3.8, 4) is 22.8 Å². The summed E-state index contributed by atoms with van der Waals surface area (Å²) >= 11 is 0. The summed E-state index contributed by atoms with van der Waals surface area (Å²) in [5, 5.41) is 13.8. The third-order valence-electron chi connectivity index (χ3n) is 6.33. The molecule has 182 valence electrons. The maximum atomic E-state index is 12.7. The van der Waals surface area contributed by atoms with Crippen molar-refractivity contribution in [2.24, 2.45) is 0 Å². The zero-order valence-corrected chi connectivity index (χ0v) is 20.5. The lowest BCUT2D eigenvalue weighted by molar-refractivity contribution is -0.110. The second kappa shape index (κ2) is 9.23. The second-order valence-electron chi connectivity index (χ2n) is 8.90. The Labute approximate surface area is 213 Å². The molecule has 3 aromatic carbocycles. The lowest BCUT2D eigenvalue weighted by atomic mass is 10.0. The zero-order chi connectivity index (χ0) is 25.4. The molecule has 6 rings (SSSR count). The highest BCUT2D eigenvalue weighted by Gasteiger charge is 2.25. The van der Waals surface area contributed by atoms with Gasteiger partial charge >= 0.3 is 0 Å². The van der Waals surface area contributed by atoms with Crippen LogP contribution in [0.1, 0.15) is 29.7 Å². The second-order valence-corrected chi connectivity index (χ2v) is 8.90. The van der Waals surface area contributed by atoms with Crippen molar-refractivity contribution in [1.82, 2.24) is 25.1 Å². The fourth-order valence-electron chi connectivity index (χ4n) is 4.42. The molecule has 37 heavy (non-hydrogen) atoms. The summed E-state index contributed by atoms with van der Waals surface area (Å²) in [5.41, 5.74) is 7.61. The van der Waals surface area contributed by atoms with Crippen LogP contribution in [-0.2, 0) is 11.2 Å². The largest absolute Gasteiger partial charge is 0.355 e. The quantitative estimate of drug-likeness (QED) is 0.221. The van der Waals surface area contributed by atoms with E-state index in [1.807, 2.05) is 92.7 Å². The van der Waals surface area contributed by atoms with E-state index in [4.69, 9.17) is 0 Å². The molecular formula is C29H25N7O. The number of aryl methyl sites for hydroxylation is 2. The number of aromatic nitrogens is 5. The highest BCUT2D eigenvalue weighted by atomic mass is 16.2. The van der Waals surface area contributed by atoms with Gasteiger partial charge in [0.05, 0.1) is 17.0 Å². The van der Waals surface area contributed by atoms with Gasteiger partial charge in [-0.05, 0) is 37.3 Å². The fourth-order valence-corrected chi connectivity index (χ4v) is 4.42. The van der Waals surface area contributed by atoms with Crippen LogP contribution in [0.5, 0.6) is 0 Å². The van der Waals surface area contributed by atoms with Gasteiger partial charge in [0.25, 0.3) is 5.91 Å². The molecule has 1 amide bonds. The average molecular weight is 488 g/mol. The number of fused-ring (bicyclic) bond motifs is 1. The molecule has 3 heterocycles. The van der Waals surface area contributed by atoms with Gasteiger partial charge in [0.1, 0.15) is 5.82 Å². The summed E-state index contributed by atoms with van der Waals surface area (Å²) in [5.74, 6) is 2.13. The Morgan fingerprint density at radius 3 is 2.54 bits per heavy atom. The van der Waals surface area contributed by atoms with Crippen LogP contribution in [0.25, 0.3) is 34.4 Å². The summed E-state index contributed by atoms with van der Waals surface area (Å²) in [6.07, 6.45) is 2.66. The molecule has 0 fully saturated rings. The summed E-state index contributed by atoms with van der Waals surface area (Å²) < 4.78 is 0. The van der Waals surface area contributed by atoms with Crippen LogP contribution in [-0.4, -0.2) is 31.1 Å². The van der Waals surface area contributed by atoms with Crippen molar-refractivity contribution >= 4 is 34.6 Å². The van der Waals surface area contributed by atoms with Crippen molar-refractivity contribution in [2.45, 2.75) is 20.3 Å². The van der Waals surface area contributed by atoms with Crippen molar-refractivity contribution < 1.29 is 4.79 Å². The molecule has 1 aliphatic rings. The van der Waals surface area contributed by atoms with E-state index in [9.17, 15) is 4.79 Å². The van der Waals surface area contributed by atoms with E-state index in [-0.39, 0.29) is 5.91 Å². The summed E-state index contributed by atoms with van der Waals surface area (Å²) in [7, 11) is 0. The van der Waals surface area contributed by atoms with E-state index >= 15 is 0 Å². The molecule has 0 saturated carbocycles. The number of hydrogen-bond acceptors (Lipinski definition) is 5. The van der Waals surface area contributed by atoms with E-state index in [2.05, 4.69) is 35.8 Å². The van der Waals surface area contributed by atoms with E-state index in [1.54, 1.807) is 0 Å². The molecule has 0 atom stereocenters. The molecule has 8 heteroatoms. The number of benzene rings is 3. The Morgan fingerprint density at radius 1 is 0.919 bits per heavy atom. The number of imidazole rings is 1. The first-order valence-electron chi connectivity index (χ1n) is 12.2. The Bertz CT molecular complexity index is 1650. The van der Waals surface area contributed by atoms with Gasteiger partial charge in [-0.25, -0.2) is 9.97 Å². The molecule has 4 N–H and O–H groups in total. The predicted octanol–water partition coefficient (Wildman–Crippen LogP) is 5.97. The van der Waals surface area contributed by atoms with Gasteiger partial charge in [-0.2, -0.15) is 5.10 Å². The predicted molar refractivity (Wildman–Crippen MR) is 146 cm³/mol. The van der Waals surface area contributed by atoms with Gasteiger partial charge < -0.3 is 15.6 Å². The van der Waals surface area contributed by atoms with Crippen LogP contribution in [0.2, 0.25) is 0 Å². The van der Waals surface area contributed by atoms with Gasteiger partial charge in [0, 0.05) is 40.2 Å². The molecule has 0 aliphatic carbocycles. The molecule has 8 nitrogen and oxygen atoms in total. The number of aromatic amines is 2. The Balaban J connectivity index is 1.24. The van der Waals surface area contributed by atoms with E-state index in [0.29, 0.717) is 11.4 Å². The molecule has 0 bridgehead atoms. The van der Waals surface area contributed by atoms with Gasteiger partial charge in [-0.15, -0.1) is 0 Å². The minimum Gasteiger partial charge on any atom is -0.355 e. The van der Waals surface area contributed by atoms with Crippen molar-refractivity contribution in [2.75, 3.05) is 10.6 Å². The zero-order valence-electron chi connectivity index (χ0n) is 20.5. The van der Waals surface area contributed by atoms with Crippen LogP contribution in [0.4, 0.5) is 17.1 Å². The Hall–Kier alpha value is -4.98. The maximum absolute atomic E-state index is 12.7. The molecule has 0 radical (unpaired) electrons. The van der Waals surface area contributed by atoms with Crippen molar-refractivity contribution in [3.63, 3.8) is 0 Å². The third-order valence-corrected chi connectivity index (χ3v) is 6.33. The van der Waals surface area contributed by atoms with Crippen molar-refractivity contribution in [3.05, 3.63) is 95.6 Å². The first kappa shape index (κ1) is 22.5. The number of hydrogen-bond donors (Lipinski definition) is 4. The average Bonchev–Trinajstić information content (AvgIpc) is 3.63. The number of nitrogens with one attached hydrogen (secondary N) is 4. The van der Waals surface area contributed by atoms with E-state index in [1.165, 1.54) is 0 Å². The molecule has 2 aromatic heterocycles. The van der Waals surface area contributed by atoms with Crippen LogP contribution in [0.3, 0.4) is 0 Å². The lowest BCUT2D eigenvalue weighted by Crippen LogP contribution is -2.03. The standard InChI is InChI=1S/C29H25N7O/c1-3-26-30-17(2)24(32-26)16-23-22-13-12-21(15-25(22)33-29(23)37)31-20-11-7-10-19(14-20)28-34-27(35-36-28)18-8-5-4-6-9-18/h4-16,31H,3H2,1-2H3,(H,30,32)(H,33,37)(H,34,35,36). The monoisotopic (exact) mass is 487 g/mol. The third kappa shape index (κ3) is 4.40. The number of carbonyl (C=O) groups excluding carboxylic acids is 1. The fraction of sp³-hybridized carbons (Fsp3) is 0.103. The molecule has 0 spiro atoms. The summed E-state index contributed by atoms with van der Waals surface area (Å²) in [6.45, 7) is 4.01. The first-order valence-corrected chi connectivity index (χ1v) is 12.2. The summed E-state index contributed by atoms with van der Waals surface area (Å²) in [4.78, 5) is 25.2. The van der Waals surface area contributed by atoms with Crippen molar-refractivity contribution in [1.29, 1.82) is 0 Å². The molecule has 0 unspecified atom stereocenters. The molecule has 0 saturated heterocycles. The van der Waals surface area contributed by atoms with Crippen LogP contribution in [0, 0.1) is 6.92 Å². The lowest BCUT2D eigenvalue weighted by Gasteiger charge is -2.09. The topological polar surface area (TPSA) is 111 Å². The number of anilines is 3. The SMILES string of the molecule is CCc1nc(C=C2C(=O)Nc3cc(Nc4cccc(-c5n[nH]c(-c6ccccc6)n5)c4)ccc32)c(C)[nH]1. The van der Waals surface area contributed by atoms with E-state index in [0.717, 1.165) is 63.2 Å². The number of rotatable bonds is 6. The van der Waals surface area contributed by atoms with Crippen LogP contribution < -0.4 is 10.6 Å².